The number of hydrogen-bond donors (Lipinski definition) is 0. The number of nitriles is 1. The molecule has 0 bridgehead atoms. The Bertz CT molecular complexity index is 779. The van der Waals surface area contributed by atoms with Gasteiger partial charge in [0.2, 0.25) is 0 Å². The van der Waals surface area contributed by atoms with E-state index in [4.69, 9.17) is 5.26 Å². The fourth-order valence-corrected chi connectivity index (χ4v) is 2.64. The molecule has 3 aromatic heterocycles. The first-order valence-corrected chi connectivity index (χ1v) is 6.55. The zero-order chi connectivity index (χ0) is 13.4. The minimum absolute atomic E-state index is 0.264. The quantitative estimate of drug-likeness (QED) is 0.713. The molecule has 0 radical (unpaired) electrons. The third-order valence-electron chi connectivity index (χ3n) is 2.79. The molecular formula is C12H10N6S. The van der Waals surface area contributed by atoms with Crippen molar-refractivity contribution in [2.75, 3.05) is 0 Å². The van der Waals surface area contributed by atoms with Gasteiger partial charge in [-0.1, -0.05) is 18.3 Å². The standard InChI is InChI=1S/C12H10N6S/c1-7(2)10-11(19-17-15-10)12-16-14-9-4-3-8(5-13)6-18(9)12/h3-4,6-7H,1-2H3. The lowest BCUT2D eigenvalue weighted by Crippen LogP contribution is -1.95. The van der Waals surface area contributed by atoms with Gasteiger partial charge >= 0.3 is 0 Å². The molecular weight excluding hydrogens is 260 g/mol. The molecule has 94 valence electrons. The molecule has 0 saturated heterocycles. The van der Waals surface area contributed by atoms with Crippen molar-refractivity contribution in [2.45, 2.75) is 19.8 Å². The molecule has 0 aliphatic carbocycles. The summed E-state index contributed by atoms with van der Waals surface area (Å²) in [5.74, 6) is 0.950. The van der Waals surface area contributed by atoms with E-state index in [0.29, 0.717) is 17.0 Å². The molecule has 0 spiro atoms. The van der Waals surface area contributed by atoms with Crippen molar-refractivity contribution >= 4 is 17.2 Å². The van der Waals surface area contributed by atoms with Crippen LogP contribution in [-0.2, 0) is 0 Å². The van der Waals surface area contributed by atoms with Crippen LogP contribution in [0.15, 0.2) is 18.3 Å². The van der Waals surface area contributed by atoms with Crippen molar-refractivity contribution in [1.82, 2.24) is 24.2 Å². The summed E-state index contributed by atoms with van der Waals surface area (Å²) in [6.07, 6.45) is 1.73. The van der Waals surface area contributed by atoms with Gasteiger partial charge in [0.05, 0.1) is 11.3 Å². The van der Waals surface area contributed by atoms with E-state index in [1.54, 1.807) is 22.7 Å². The molecule has 19 heavy (non-hydrogen) atoms. The van der Waals surface area contributed by atoms with Gasteiger partial charge in [-0.05, 0) is 29.6 Å². The van der Waals surface area contributed by atoms with E-state index in [-0.39, 0.29) is 5.92 Å². The first-order chi connectivity index (χ1) is 9.20. The van der Waals surface area contributed by atoms with Crippen LogP contribution in [0.1, 0.15) is 31.0 Å². The molecule has 0 aliphatic rings. The molecule has 6 nitrogen and oxygen atoms in total. The van der Waals surface area contributed by atoms with E-state index in [1.165, 1.54) is 11.5 Å². The summed E-state index contributed by atoms with van der Waals surface area (Å²) in [7, 11) is 0. The smallest absolute Gasteiger partial charge is 0.182 e. The summed E-state index contributed by atoms with van der Waals surface area (Å²) in [4.78, 5) is 0.901. The van der Waals surface area contributed by atoms with E-state index in [1.807, 2.05) is 0 Å². The number of pyridine rings is 1. The zero-order valence-electron chi connectivity index (χ0n) is 10.4. The van der Waals surface area contributed by atoms with Crippen LogP contribution in [0.3, 0.4) is 0 Å². The summed E-state index contributed by atoms with van der Waals surface area (Å²) in [6.45, 7) is 4.12. The Kier molecular flexibility index (Phi) is 2.72. The van der Waals surface area contributed by atoms with E-state index in [0.717, 1.165) is 10.6 Å². The van der Waals surface area contributed by atoms with Gasteiger partial charge in [0.25, 0.3) is 0 Å². The Labute approximate surface area is 113 Å². The highest BCUT2D eigenvalue weighted by Crippen LogP contribution is 2.29. The molecule has 0 aliphatic heterocycles. The first kappa shape index (κ1) is 11.7. The van der Waals surface area contributed by atoms with Crippen molar-refractivity contribution in [3.8, 4) is 16.8 Å². The average Bonchev–Trinajstić information content (AvgIpc) is 3.03. The van der Waals surface area contributed by atoms with E-state index in [9.17, 15) is 0 Å². The van der Waals surface area contributed by atoms with E-state index >= 15 is 0 Å². The van der Waals surface area contributed by atoms with Crippen LogP contribution in [0.5, 0.6) is 0 Å². The number of aromatic nitrogens is 5. The monoisotopic (exact) mass is 270 g/mol. The molecule has 3 aromatic rings. The summed E-state index contributed by atoms with van der Waals surface area (Å²) in [6, 6.07) is 5.62. The predicted octanol–water partition coefficient (Wildman–Crippen LogP) is 2.24. The fraction of sp³-hybridized carbons (Fsp3) is 0.250. The molecule has 0 atom stereocenters. The Morgan fingerprint density at radius 1 is 1.26 bits per heavy atom. The lowest BCUT2D eigenvalue weighted by molar-refractivity contribution is 0.812. The molecule has 0 saturated carbocycles. The second-order valence-corrected chi connectivity index (χ2v) is 5.18. The predicted molar refractivity (Wildman–Crippen MR) is 70.7 cm³/mol. The molecule has 0 fully saturated rings. The summed E-state index contributed by atoms with van der Waals surface area (Å²) >= 11 is 1.30. The number of rotatable bonds is 2. The van der Waals surface area contributed by atoms with Gasteiger partial charge < -0.3 is 0 Å². The molecule has 0 aromatic carbocycles. The second kappa shape index (κ2) is 4.40. The van der Waals surface area contributed by atoms with Gasteiger partial charge in [0.15, 0.2) is 11.5 Å². The maximum Gasteiger partial charge on any atom is 0.182 e. The summed E-state index contributed by atoms with van der Waals surface area (Å²) in [5, 5.41) is 21.4. The third kappa shape index (κ3) is 1.86. The van der Waals surface area contributed by atoms with Gasteiger partial charge in [0.1, 0.15) is 10.9 Å². The Balaban J connectivity index is 2.25. The van der Waals surface area contributed by atoms with Gasteiger partial charge in [-0.2, -0.15) is 5.26 Å². The largest absolute Gasteiger partial charge is 0.280 e. The topological polar surface area (TPSA) is 79.8 Å². The highest BCUT2D eigenvalue weighted by atomic mass is 32.1. The Morgan fingerprint density at radius 2 is 2.11 bits per heavy atom. The minimum atomic E-state index is 0.264. The fourth-order valence-electron chi connectivity index (χ4n) is 1.84. The van der Waals surface area contributed by atoms with Crippen LogP contribution in [0.4, 0.5) is 0 Å². The normalized spacial score (nSPS) is 11.1. The van der Waals surface area contributed by atoms with E-state index < -0.39 is 0 Å². The lowest BCUT2D eigenvalue weighted by Gasteiger charge is -2.02. The molecule has 7 heteroatoms. The third-order valence-corrected chi connectivity index (χ3v) is 3.53. The zero-order valence-corrected chi connectivity index (χ0v) is 11.2. The average molecular weight is 270 g/mol. The van der Waals surface area contributed by atoms with Crippen LogP contribution in [0, 0.1) is 11.3 Å². The highest BCUT2D eigenvalue weighted by molar-refractivity contribution is 7.09. The highest BCUT2D eigenvalue weighted by Gasteiger charge is 2.18. The van der Waals surface area contributed by atoms with Crippen molar-refractivity contribution in [3.05, 3.63) is 29.6 Å². The first-order valence-electron chi connectivity index (χ1n) is 5.78. The van der Waals surface area contributed by atoms with Crippen molar-refractivity contribution in [3.63, 3.8) is 0 Å². The second-order valence-electron chi connectivity index (χ2n) is 4.42. The molecule has 0 amide bonds. The maximum atomic E-state index is 8.97. The number of hydrogen-bond acceptors (Lipinski definition) is 6. The SMILES string of the molecule is CC(C)c1nnsc1-c1nnc2ccc(C#N)cn12. The molecule has 3 rings (SSSR count). The maximum absolute atomic E-state index is 8.97. The number of fused-ring (bicyclic) bond motifs is 1. The van der Waals surface area contributed by atoms with E-state index in [2.05, 4.69) is 39.7 Å². The van der Waals surface area contributed by atoms with Crippen LogP contribution >= 0.6 is 11.5 Å². The van der Waals surface area contributed by atoms with Crippen LogP contribution in [0.2, 0.25) is 0 Å². The minimum Gasteiger partial charge on any atom is -0.280 e. The van der Waals surface area contributed by atoms with Crippen molar-refractivity contribution < 1.29 is 0 Å². The molecule has 0 N–H and O–H groups in total. The Morgan fingerprint density at radius 3 is 2.84 bits per heavy atom. The summed E-state index contributed by atoms with van der Waals surface area (Å²) in [5.41, 5.74) is 2.18. The molecule has 3 heterocycles. The lowest BCUT2D eigenvalue weighted by atomic mass is 10.1. The van der Waals surface area contributed by atoms with Gasteiger partial charge in [-0.3, -0.25) is 4.40 Å². The van der Waals surface area contributed by atoms with Gasteiger partial charge in [-0.25, -0.2) is 0 Å². The van der Waals surface area contributed by atoms with Crippen LogP contribution in [-0.4, -0.2) is 24.2 Å². The van der Waals surface area contributed by atoms with Gasteiger partial charge in [-0.15, -0.1) is 15.3 Å². The number of nitrogens with zero attached hydrogens (tertiary/aromatic N) is 6. The Hall–Kier alpha value is -2.33. The van der Waals surface area contributed by atoms with Crippen molar-refractivity contribution in [1.29, 1.82) is 5.26 Å². The molecule has 0 unspecified atom stereocenters. The van der Waals surface area contributed by atoms with Crippen LogP contribution < -0.4 is 0 Å². The van der Waals surface area contributed by atoms with Crippen molar-refractivity contribution in [2.24, 2.45) is 0 Å². The summed E-state index contributed by atoms with van der Waals surface area (Å²) < 4.78 is 5.80. The van der Waals surface area contributed by atoms with Crippen LogP contribution in [0.25, 0.3) is 16.3 Å². The van der Waals surface area contributed by atoms with Gasteiger partial charge in [0, 0.05) is 6.20 Å².